The van der Waals surface area contributed by atoms with E-state index >= 15 is 0 Å². The number of halogens is 1. The Morgan fingerprint density at radius 3 is 2.63 bits per heavy atom. The number of aliphatic carboxylic acids is 1. The van der Waals surface area contributed by atoms with E-state index in [-0.39, 0.29) is 5.82 Å². The standard InChI is InChI=1S/C23H23FN2O4/c24-15-10-8-14(9-11-15)12-26-17-5-2-1-4-16(23(25)29)21(17)22-18(26)6-3-7-19(22)30-13-20(27)28/h3,6-11,16H,1-2,4-5,12-13H2,(H2,25,29)(H,27,28). The molecule has 1 aromatic heterocycles. The average molecular weight is 410 g/mol. The smallest absolute Gasteiger partial charge is 0.341 e. The van der Waals surface area contributed by atoms with Gasteiger partial charge in [0.15, 0.2) is 6.61 Å². The van der Waals surface area contributed by atoms with Crippen LogP contribution in [0.4, 0.5) is 4.39 Å². The number of amides is 1. The molecule has 0 spiro atoms. The van der Waals surface area contributed by atoms with Gasteiger partial charge in [0.1, 0.15) is 11.6 Å². The second-order valence-corrected chi connectivity index (χ2v) is 7.61. The number of aromatic nitrogens is 1. The predicted molar refractivity (Wildman–Crippen MR) is 110 cm³/mol. The quantitative estimate of drug-likeness (QED) is 0.607. The summed E-state index contributed by atoms with van der Waals surface area (Å²) in [6, 6.07) is 11.8. The molecule has 0 fully saturated rings. The Balaban J connectivity index is 1.93. The third-order valence-electron chi connectivity index (χ3n) is 5.65. The second-order valence-electron chi connectivity index (χ2n) is 7.61. The minimum atomic E-state index is -1.07. The Bertz CT molecular complexity index is 1100. The van der Waals surface area contributed by atoms with E-state index in [0.717, 1.165) is 47.0 Å². The summed E-state index contributed by atoms with van der Waals surface area (Å²) in [7, 11) is 0. The summed E-state index contributed by atoms with van der Waals surface area (Å²) >= 11 is 0. The maximum absolute atomic E-state index is 13.4. The molecule has 2 aromatic carbocycles. The monoisotopic (exact) mass is 410 g/mol. The van der Waals surface area contributed by atoms with Crippen molar-refractivity contribution in [2.75, 3.05) is 6.61 Å². The van der Waals surface area contributed by atoms with E-state index in [2.05, 4.69) is 4.57 Å². The number of benzene rings is 2. The van der Waals surface area contributed by atoms with Crippen LogP contribution in [0, 0.1) is 5.82 Å². The number of fused-ring (bicyclic) bond motifs is 3. The van der Waals surface area contributed by atoms with Crippen LogP contribution < -0.4 is 10.5 Å². The highest BCUT2D eigenvalue weighted by atomic mass is 19.1. The first-order valence-corrected chi connectivity index (χ1v) is 9.98. The van der Waals surface area contributed by atoms with Crippen molar-refractivity contribution < 1.29 is 23.8 Å². The minimum absolute atomic E-state index is 0.298. The molecule has 1 aliphatic carbocycles. The number of rotatable bonds is 6. The molecule has 1 heterocycles. The molecule has 0 saturated carbocycles. The van der Waals surface area contributed by atoms with E-state index < -0.39 is 24.4 Å². The number of nitrogens with two attached hydrogens (primary N) is 1. The van der Waals surface area contributed by atoms with Crippen molar-refractivity contribution in [1.29, 1.82) is 0 Å². The lowest BCUT2D eigenvalue weighted by molar-refractivity contribution is -0.139. The Morgan fingerprint density at radius 2 is 1.93 bits per heavy atom. The van der Waals surface area contributed by atoms with Gasteiger partial charge < -0.3 is 20.1 Å². The fraction of sp³-hybridized carbons (Fsp3) is 0.304. The Hall–Kier alpha value is -3.35. The molecule has 3 aromatic rings. The fourth-order valence-corrected chi connectivity index (χ4v) is 4.38. The van der Waals surface area contributed by atoms with Crippen molar-refractivity contribution in [3.63, 3.8) is 0 Å². The normalized spacial score (nSPS) is 16.1. The summed E-state index contributed by atoms with van der Waals surface area (Å²) in [6.45, 7) is 0.0260. The van der Waals surface area contributed by atoms with Crippen molar-refractivity contribution in [2.24, 2.45) is 5.73 Å². The van der Waals surface area contributed by atoms with Crippen molar-refractivity contribution in [1.82, 2.24) is 4.57 Å². The van der Waals surface area contributed by atoms with Crippen molar-refractivity contribution >= 4 is 22.8 Å². The van der Waals surface area contributed by atoms with Crippen LogP contribution in [0.15, 0.2) is 42.5 Å². The van der Waals surface area contributed by atoms with Gasteiger partial charge in [0.25, 0.3) is 0 Å². The SMILES string of the molecule is NC(=O)C1CCCCc2c1c1c(OCC(=O)O)cccc1n2Cc1ccc(F)cc1. The van der Waals surface area contributed by atoms with Crippen LogP contribution >= 0.6 is 0 Å². The molecule has 1 aliphatic rings. The van der Waals surface area contributed by atoms with Gasteiger partial charge in [0.05, 0.1) is 11.4 Å². The molecule has 7 heteroatoms. The lowest BCUT2D eigenvalue weighted by atomic mass is 9.92. The molecular formula is C23H23FN2O4. The maximum atomic E-state index is 13.4. The van der Waals surface area contributed by atoms with Crippen LogP contribution in [0.2, 0.25) is 0 Å². The van der Waals surface area contributed by atoms with Crippen LogP contribution in [-0.4, -0.2) is 28.2 Å². The van der Waals surface area contributed by atoms with Gasteiger partial charge in [-0.2, -0.15) is 0 Å². The molecule has 1 amide bonds. The molecular weight excluding hydrogens is 387 g/mol. The van der Waals surface area contributed by atoms with Gasteiger partial charge in [0, 0.05) is 17.6 Å². The van der Waals surface area contributed by atoms with Gasteiger partial charge in [-0.25, -0.2) is 9.18 Å². The number of primary amides is 1. The number of ether oxygens (including phenoxy) is 1. The topological polar surface area (TPSA) is 94.6 Å². The first-order chi connectivity index (χ1) is 14.5. The zero-order valence-electron chi connectivity index (χ0n) is 16.4. The molecule has 4 rings (SSSR count). The van der Waals surface area contributed by atoms with Gasteiger partial charge >= 0.3 is 5.97 Å². The van der Waals surface area contributed by atoms with Crippen LogP contribution in [0.5, 0.6) is 5.75 Å². The highest BCUT2D eigenvalue weighted by Crippen LogP contribution is 2.42. The molecule has 0 saturated heterocycles. The van der Waals surface area contributed by atoms with E-state index in [1.54, 1.807) is 24.3 Å². The second kappa shape index (κ2) is 8.18. The number of carboxylic acid groups (broad SMARTS) is 1. The Labute approximate surface area is 173 Å². The van der Waals surface area contributed by atoms with Gasteiger partial charge in [-0.1, -0.05) is 24.6 Å². The molecule has 1 atom stereocenters. The van der Waals surface area contributed by atoms with Crippen LogP contribution in [0.1, 0.15) is 42.0 Å². The summed E-state index contributed by atoms with van der Waals surface area (Å²) in [6.07, 6.45) is 3.21. The van der Waals surface area contributed by atoms with Gasteiger partial charge in [-0.3, -0.25) is 4.79 Å². The van der Waals surface area contributed by atoms with Crippen molar-refractivity contribution in [3.8, 4) is 5.75 Å². The lowest BCUT2D eigenvalue weighted by Gasteiger charge is -2.14. The molecule has 0 radical (unpaired) electrons. The average Bonchev–Trinajstić information content (AvgIpc) is 2.87. The number of carboxylic acids is 1. The maximum Gasteiger partial charge on any atom is 0.341 e. The molecule has 30 heavy (non-hydrogen) atoms. The Morgan fingerprint density at radius 1 is 1.17 bits per heavy atom. The molecule has 156 valence electrons. The zero-order chi connectivity index (χ0) is 21.3. The molecule has 3 N–H and O–H groups in total. The van der Waals surface area contributed by atoms with Crippen LogP contribution in [0.25, 0.3) is 10.9 Å². The minimum Gasteiger partial charge on any atom is -0.481 e. The third kappa shape index (κ3) is 3.75. The van der Waals surface area contributed by atoms with Gasteiger partial charge in [-0.15, -0.1) is 0 Å². The van der Waals surface area contributed by atoms with Crippen molar-refractivity contribution in [3.05, 3.63) is 65.1 Å². The van der Waals surface area contributed by atoms with Crippen LogP contribution in [-0.2, 0) is 22.6 Å². The van der Waals surface area contributed by atoms with Crippen molar-refractivity contribution in [2.45, 2.75) is 38.1 Å². The van der Waals surface area contributed by atoms with E-state index in [4.69, 9.17) is 15.6 Å². The summed E-state index contributed by atoms with van der Waals surface area (Å²) in [4.78, 5) is 23.4. The summed E-state index contributed by atoms with van der Waals surface area (Å²) in [5.74, 6) is -1.80. The van der Waals surface area contributed by atoms with E-state index in [1.807, 2.05) is 6.07 Å². The number of nitrogens with zero attached hydrogens (tertiary/aromatic N) is 1. The largest absolute Gasteiger partial charge is 0.481 e. The molecule has 0 aliphatic heterocycles. The molecule has 1 unspecified atom stereocenters. The van der Waals surface area contributed by atoms with E-state index in [9.17, 15) is 14.0 Å². The molecule has 0 bridgehead atoms. The highest BCUT2D eigenvalue weighted by molar-refractivity contribution is 5.97. The lowest BCUT2D eigenvalue weighted by Crippen LogP contribution is -2.21. The number of carbonyl (C=O) groups excluding carboxylic acids is 1. The van der Waals surface area contributed by atoms with Crippen LogP contribution in [0.3, 0.4) is 0 Å². The van der Waals surface area contributed by atoms with E-state index in [1.165, 1.54) is 12.1 Å². The Kier molecular flexibility index (Phi) is 5.44. The number of hydrogen-bond acceptors (Lipinski definition) is 3. The highest BCUT2D eigenvalue weighted by Gasteiger charge is 2.31. The first-order valence-electron chi connectivity index (χ1n) is 9.98. The predicted octanol–water partition coefficient (Wildman–Crippen LogP) is 3.59. The van der Waals surface area contributed by atoms with E-state index in [0.29, 0.717) is 18.7 Å². The fourth-order valence-electron chi connectivity index (χ4n) is 4.38. The first kappa shape index (κ1) is 19.9. The van der Waals surface area contributed by atoms with Gasteiger partial charge in [-0.05, 0) is 54.7 Å². The van der Waals surface area contributed by atoms with Gasteiger partial charge in [0.2, 0.25) is 5.91 Å². The number of hydrogen-bond donors (Lipinski definition) is 2. The number of carbonyl (C=O) groups is 2. The summed E-state index contributed by atoms with van der Waals surface area (Å²) < 4.78 is 21.1. The molecule has 6 nitrogen and oxygen atoms in total. The summed E-state index contributed by atoms with van der Waals surface area (Å²) in [5.41, 5.74) is 9.37. The zero-order valence-corrected chi connectivity index (χ0v) is 16.4. The third-order valence-corrected chi connectivity index (χ3v) is 5.65. The summed E-state index contributed by atoms with van der Waals surface area (Å²) in [5, 5.41) is 9.80.